The van der Waals surface area contributed by atoms with E-state index in [0.717, 1.165) is 33.6 Å². The van der Waals surface area contributed by atoms with Crippen molar-refractivity contribution in [2.45, 2.75) is 10.9 Å². The van der Waals surface area contributed by atoms with Gasteiger partial charge in [0.15, 0.2) is 5.16 Å². The smallest absolute Gasteiger partial charge is 0.173 e. The first-order valence-corrected chi connectivity index (χ1v) is 9.88. The summed E-state index contributed by atoms with van der Waals surface area (Å²) in [7, 11) is 1.65. The van der Waals surface area contributed by atoms with Crippen LogP contribution in [-0.2, 0) is 5.75 Å². The molecule has 0 bridgehead atoms. The first-order valence-electron chi connectivity index (χ1n) is 8.89. The summed E-state index contributed by atoms with van der Waals surface area (Å²) in [6.07, 6.45) is 1.86. The van der Waals surface area contributed by atoms with E-state index >= 15 is 0 Å². The molecule has 28 heavy (non-hydrogen) atoms. The molecule has 4 aromatic rings. The molecule has 1 heterocycles. The fraction of sp³-hybridized carbons (Fsp3) is 0.0870. The average Bonchev–Trinajstić information content (AvgIpc) is 3.17. The number of nitrogens with zero attached hydrogens (tertiary/aromatic N) is 2. The monoisotopic (exact) mass is 390 g/mol. The Kier molecular flexibility index (Phi) is 5.44. The Hall–Kier alpha value is -3.05. The second-order valence-electron chi connectivity index (χ2n) is 6.24. The SMILES string of the molecule is COc1ccc(-c2cnc(SCc3ccccc3)n2-c2ccc(F)cc2)cc1. The molecule has 0 saturated heterocycles. The summed E-state index contributed by atoms with van der Waals surface area (Å²) >= 11 is 1.66. The van der Waals surface area contributed by atoms with E-state index in [0.29, 0.717) is 0 Å². The summed E-state index contributed by atoms with van der Waals surface area (Å²) in [5.41, 5.74) is 4.07. The molecule has 4 rings (SSSR count). The van der Waals surface area contributed by atoms with E-state index < -0.39 is 0 Å². The molecule has 0 N–H and O–H groups in total. The highest BCUT2D eigenvalue weighted by molar-refractivity contribution is 7.98. The van der Waals surface area contributed by atoms with Gasteiger partial charge in [-0.15, -0.1) is 0 Å². The Balaban J connectivity index is 1.73. The molecule has 1 aromatic heterocycles. The van der Waals surface area contributed by atoms with Crippen LogP contribution in [0.25, 0.3) is 16.9 Å². The summed E-state index contributed by atoms with van der Waals surface area (Å²) < 4.78 is 20.8. The summed E-state index contributed by atoms with van der Waals surface area (Å²) in [5.74, 6) is 1.35. The summed E-state index contributed by atoms with van der Waals surface area (Å²) in [6, 6.07) is 24.6. The molecular weight excluding hydrogens is 371 g/mol. The number of thioether (sulfide) groups is 1. The van der Waals surface area contributed by atoms with Crippen LogP contribution in [0.4, 0.5) is 4.39 Å². The molecule has 3 nitrogen and oxygen atoms in total. The maximum Gasteiger partial charge on any atom is 0.173 e. The molecule has 0 aliphatic heterocycles. The van der Waals surface area contributed by atoms with Crippen LogP contribution in [0, 0.1) is 5.82 Å². The summed E-state index contributed by atoms with van der Waals surface area (Å²) in [5, 5.41) is 0.862. The van der Waals surface area contributed by atoms with E-state index in [4.69, 9.17) is 4.74 Å². The predicted molar refractivity (Wildman–Crippen MR) is 112 cm³/mol. The van der Waals surface area contributed by atoms with E-state index in [-0.39, 0.29) is 5.82 Å². The van der Waals surface area contributed by atoms with Gasteiger partial charge in [0.05, 0.1) is 19.0 Å². The third-order valence-corrected chi connectivity index (χ3v) is 5.43. The van der Waals surface area contributed by atoms with E-state index in [2.05, 4.69) is 21.7 Å². The Bertz CT molecular complexity index is 1040. The van der Waals surface area contributed by atoms with Crippen molar-refractivity contribution in [1.29, 1.82) is 0 Å². The lowest BCUT2D eigenvalue weighted by Crippen LogP contribution is -1.99. The van der Waals surface area contributed by atoms with Gasteiger partial charge >= 0.3 is 0 Å². The van der Waals surface area contributed by atoms with Crippen LogP contribution >= 0.6 is 11.8 Å². The molecule has 0 atom stereocenters. The molecule has 0 saturated carbocycles. The lowest BCUT2D eigenvalue weighted by atomic mass is 10.1. The first kappa shape index (κ1) is 18.3. The minimum Gasteiger partial charge on any atom is -0.497 e. The van der Waals surface area contributed by atoms with Crippen molar-refractivity contribution in [3.8, 4) is 22.7 Å². The lowest BCUT2D eigenvalue weighted by Gasteiger charge is -2.12. The fourth-order valence-electron chi connectivity index (χ4n) is 2.96. The summed E-state index contributed by atoms with van der Waals surface area (Å²) in [4.78, 5) is 4.65. The molecule has 0 aliphatic carbocycles. The van der Waals surface area contributed by atoms with E-state index in [1.807, 2.05) is 48.7 Å². The average molecular weight is 390 g/mol. The zero-order valence-electron chi connectivity index (χ0n) is 15.4. The van der Waals surface area contributed by atoms with Crippen molar-refractivity contribution < 1.29 is 9.13 Å². The van der Waals surface area contributed by atoms with Gasteiger partial charge in [-0.25, -0.2) is 9.37 Å². The number of aromatic nitrogens is 2. The van der Waals surface area contributed by atoms with Crippen molar-refractivity contribution >= 4 is 11.8 Å². The third kappa shape index (κ3) is 3.94. The number of hydrogen-bond donors (Lipinski definition) is 0. The van der Waals surface area contributed by atoms with Crippen molar-refractivity contribution in [3.05, 3.63) is 96.4 Å². The van der Waals surface area contributed by atoms with E-state index in [1.165, 1.54) is 17.7 Å². The number of methoxy groups -OCH3 is 1. The molecule has 140 valence electrons. The van der Waals surface area contributed by atoms with Gasteiger partial charge < -0.3 is 4.74 Å². The van der Waals surface area contributed by atoms with E-state index in [9.17, 15) is 4.39 Å². The summed E-state index contributed by atoms with van der Waals surface area (Å²) in [6.45, 7) is 0. The zero-order chi connectivity index (χ0) is 19.3. The van der Waals surface area contributed by atoms with Gasteiger partial charge in [0.2, 0.25) is 0 Å². The Morgan fingerprint density at radius 1 is 0.929 bits per heavy atom. The quantitative estimate of drug-likeness (QED) is 0.379. The van der Waals surface area contributed by atoms with Crippen LogP contribution in [0.5, 0.6) is 5.75 Å². The van der Waals surface area contributed by atoms with Crippen molar-refractivity contribution in [1.82, 2.24) is 9.55 Å². The zero-order valence-corrected chi connectivity index (χ0v) is 16.2. The molecule has 0 fully saturated rings. The lowest BCUT2D eigenvalue weighted by molar-refractivity contribution is 0.415. The fourth-order valence-corrected chi connectivity index (χ4v) is 3.91. The normalized spacial score (nSPS) is 10.8. The molecule has 0 spiro atoms. The van der Waals surface area contributed by atoms with E-state index in [1.54, 1.807) is 31.0 Å². The topological polar surface area (TPSA) is 27.1 Å². The minimum atomic E-state index is -0.256. The molecule has 3 aromatic carbocycles. The third-order valence-electron chi connectivity index (χ3n) is 4.41. The molecule has 0 amide bonds. The number of rotatable bonds is 6. The molecule has 0 unspecified atom stereocenters. The number of halogens is 1. The molecule has 0 aliphatic rings. The Morgan fingerprint density at radius 3 is 2.32 bits per heavy atom. The van der Waals surface area contributed by atoms with Crippen molar-refractivity contribution in [3.63, 3.8) is 0 Å². The minimum absolute atomic E-state index is 0.256. The number of imidazole rings is 1. The van der Waals surface area contributed by atoms with Crippen LogP contribution in [0.15, 0.2) is 90.2 Å². The Morgan fingerprint density at radius 2 is 1.64 bits per heavy atom. The second kappa shape index (κ2) is 8.31. The van der Waals surface area contributed by atoms with Crippen molar-refractivity contribution in [2.24, 2.45) is 0 Å². The van der Waals surface area contributed by atoms with Gasteiger partial charge in [-0.3, -0.25) is 4.57 Å². The van der Waals surface area contributed by atoms with Gasteiger partial charge in [0.1, 0.15) is 11.6 Å². The number of ether oxygens (including phenoxy) is 1. The predicted octanol–water partition coefficient (Wildman–Crippen LogP) is 5.98. The maximum absolute atomic E-state index is 13.5. The highest BCUT2D eigenvalue weighted by atomic mass is 32.2. The highest BCUT2D eigenvalue weighted by Gasteiger charge is 2.14. The second-order valence-corrected chi connectivity index (χ2v) is 7.18. The van der Waals surface area contributed by atoms with Gasteiger partial charge in [0.25, 0.3) is 0 Å². The maximum atomic E-state index is 13.5. The molecular formula is C23H19FN2OS. The largest absolute Gasteiger partial charge is 0.497 e. The van der Waals surface area contributed by atoms with Crippen LogP contribution in [-0.4, -0.2) is 16.7 Å². The van der Waals surface area contributed by atoms with Crippen LogP contribution < -0.4 is 4.74 Å². The van der Waals surface area contributed by atoms with Gasteiger partial charge in [-0.1, -0.05) is 42.1 Å². The van der Waals surface area contributed by atoms with Crippen LogP contribution in [0.2, 0.25) is 0 Å². The number of benzene rings is 3. The Labute approximate surface area is 167 Å². The van der Waals surface area contributed by atoms with Crippen LogP contribution in [0.1, 0.15) is 5.56 Å². The van der Waals surface area contributed by atoms with Crippen LogP contribution in [0.3, 0.4) is 0 Å². The molecule has 0 radical (unpaired) electrons. The van der Waals surface area contributed by atoms with Crippen molar-refractivity contribution in [2.75, 3.05) is 7.11 Å². The standard InChI is InChI=1S/C23H19FN2OS/c1-27-21-13-7-18(8-14-21)22-15-25-23(28-16-17-5-3-2-4-6-17)26(22)20-11-9-19(24)10-12-20/h2-15H,16H2,1H3. The first-order chi connectivity index (χ1) is 13.7. The number of hydrogen-bond acceptors (Lipinski definition) is 3. The van der Waals surface area contributed by atoms with Gasteiger partial charge in [-0.05, 0) is 54.1 Å². The van der Waals surface area contributed by atoms with Gasteiger partial charge in [-0.2, -0.15) is 0 Å². The van der Waals surface area contributed by atoms with Gasteiger partial charge in [0, 0.05) is 17.0 Å². The highest BCUT2D eigenvalue weighted by Crippen LogP contribution is 2.32. The molecule has 5 heteroatoms.